The molecule has 0 saturated heterocycles. The van der Waals surface area contributed by atoms with Crippen molar-refractivity contribution in [1.29, 1.82) is 0 Å². The van der Waals surface area contributed by atoms with Crippen LogP contribution in [0.5, 0.6) is 5.75 Å². The zero-order valence-corrected chi connectivity index (χ0v) is 13.1. The van der Waals surface area contributed by atoms with E-state index in [2.05, 4.69) is 10.3 Å². The average Bonchev–Trinajstić information content (AvgIpc) is 3.09. The number of aliphatic hydroxyl groups excluding tert-OH is 2. The molecule has 25 heavy (non-hydrogen) atoms. The molecule has 128 valence electrons. The summed E-state index contributed by atoms with van der Waals surface area (Å²) in [6.45, 7) is 1.63. The van der Waals surface area contributed by atoms with Crippen molar-refractivity contribution in [3.63, 3.8) is 0 Å². The fourth-order valence-electron chi connectivity index (χ4n) is 2.43. The minimum absolute atomic E-state index is 0.0624. The summed E-state index contributed by atoms with van der Waals surface area (Å²) in [5.74, 6) is 0.0112. The number of nitrogens with zero attached hydrogens (tertiary/aromatic N) is 2. The van der Waals surface area contributed by atoms with Crippen molar-refractivity contribution in [2.45, 2.75) is 13.0 Å². The Morgan fingerprint density at radius 2 is 2.04 bits per heavy atom. The monoisotopic (exact) mass is 342 g/mol. The van der Waals surface area contributed by atoms with Gasteiger partial charge in [-0.1, -0.05) is 12.1 Å². The van der Waals surface area contributed by atoms with Gasteiger partial charge in [-0.2, -0.15) is 0 Å². The van der Waals surface area contributed by atoms with Gasteiger partial charge in [-0.3, -0.25) is 4.79 Å². The van der Waals surface area contributed by atoms with Crippen LogP contribution in [0.3, 0.4) is 0 Å². The van der Waals surface area contributed by atoms with Gasteiger partial charge in [0.1, 0.15) is 28.6 Å². The molecule has 1 aromatic carbocycles. The first-order valence-corrected chi connectivity index (χ1v) is 7.40. The smallest absolute Gasteiger partial charge is 0.171 e. The molecule has 1 unspecified atom stereocenters. The first-order chi connectivity index (χ1) is 12.0. The molecule has 0 radical (unpaired) electrons. The number of allylic oxidation sites excluding steroid dienone is 1. The van der Waals surface area contributed by atoms with Crippen molar-refractivity contribution < 1.29 is 24.3 Å². The van der Waals surface area contributed by atoms with Gasteiger partial charge in [0.2, 0.25) is 0 Å². The van der Waals surface area contributed by atoms with Crippen LogP contribution in [0.4, 0.5) is 5.69 Å². The van der Waals surface area contributed by atoms with Gasteiger partial charge < -0.3 is 19.5 Å². The number of hydrogen-bond acceptors (Lipinski definition) is 8. The summed E-state index contributed by atoms with van der Waals surface area (Å²) in [7, 11) is 0. The Labute approximate surface area is 142 Å². The van der Waals surface area contributed by atoms with Crippen LogP contribution in [-0.4, -0.2) is 27.8 Å². The van der Waals surface area contributed by atoms with E-state index >= 15 is 0 Å². The van der Waals surface area contributed by atoms with Crippen molar-refractivity contribution in [3.05, 3.63) is 64.3 Å². The number of ether oxygens (including phenoxy) is 1. The molecule has 8 heteroatoms. The van der Waals surface area contributed by atoms with Gasteiger partial charge in [0.25, 0.3) is 0 Å². The van der Waals surface area contributed by atoms with E-state index in [4.69, 9.17) is 9.26 Å². The molecule has 1 aliphatic rings. The molecule has 1 heterocycles. The third-order valence-electron chi connectivity index (χ3n) is 3.86. The molecule has 0 bridgehead atoms. The SMILES string of the molecule is C[C@H]1C(O)=CC(Oc2ccc(N=O)cc2)=C(c2cc(C=O)no2)C1O. The highest BCUT2D eigenvalue weighted by atomic mass is 16.5. The lowest BCUT2D eigenvalue weighted by Gasteiger charge is -2.26. The van der Waals surface area contributed by atoms with E-state index in [1.165, 1.54) is 36.4 Å². The van der Waals surface area contributed by atoms with E-state index < -0.39 is 12.0 Å². The van der Waals surface area contributed by atoms with Gasteiger partial charge in [-0.05, 0) is 29.4 Å². The second kappa shape index (κ2) is 6.70. The van der Waals surface area contributed by atoms with Gasteiger partial charge >= 0.3 is 0 Å². The predicted octanol–water partition coefficient (Wildman–Crippen LogP) is 3.13. The molecule has 0 saturated carbocycles. The summed E-state index contributed by atoms with van der Waals surface area (Å²) in [6, 6.07) is 7.35. The quantitative estimate of drug-likeness (QED) is 0.632. The number of aromatic nitrogens is 1. The van der Waals surface area contributed by atoms with Crippen molar-refractivity contribution in [1.82, 2.24) is 5.16 Å². The van der Waals surface area contributed by atoms with E-state index in [-0.39, 0.29) is 34.2 Å². The minimum atomic E-state index is -1.12. The fourth-order valence-corrected chi connectivity index (χ4v) is 2.43. The molecule has 0 spiro atoms. The number of rotatable bonds is 5. The summed E-state index contributed by atoms with van der Waals surface area (Å²) in [6.07, 6.45) is 0.760. The Morgan fingerprint density at radius 3 is 2.64 bits per heavy atom. The molecule has 0 fully saturated rings. The Hall–Kier alpha value is -3.26. The van der Waals surface area contributed by atoms with Crippen molar-refractivity contribution >= 4 is 17.5 Å². The Balaban J connectivity index is 2.05. The normalized spacial score (nSPS) is 20.2. The van der Waals surface area contributed by atoms with Gasteiger partial charge in [0.05, 0.1) is 11.7 Å². The lowest BCUT2D eigenvalue weighted by atomic mass is 9.88. The summed E-state index contributed by atoms with van der Waals surface area (Å²) in [5, 5.41) is 26.9. The van der Waals surface area contributed by atoms with E-state index in [0.29, 0.717) is 12.0 Å². The van der Waals surface area contributed by atoms with Gasteiger partial charge in [-0.25, -0.2) is 0 Å². The lowest BCUT2D eigenvalue weighted by molar-refractivity contribution is 0.111. The summed E-state index contributed by atoms with van der Waals surface area (Å²) in [4.78, 5) is 21.3. The number of aliphatic hydroxyl groups is 2. The molecule has 0 aliphatic heterocycles. The molecule has 8 nitrogen and oxygen atoms in total. The van der Waals surface area contributed by atoms with Crippen molar-refractivity contribution in [2.24, 2.45) is 11.1 Å². The van der Waals surface area contributed by atoms with E-state index in [1.54, 1.807) is 6.92 Å². The second-order valence-electron chi connectivity index (χ2n) is 5.50. The van der Waals surface area contributed by atoms with Crippen LogP contribution in [-0.2, 0) is 0 Å². The number of carbonyl (C=O) groups excluding carboxylic acids is 1. The van der Waals surface area contributed by atoms with E-state index in [9.17, 15) is 19.9 Å². The zero-order valence-electron chi connectivity index (χ0n) is 13.1. The van der Waals surface area contributed by atoms with E-state index in [1.807, 2.05) is 0 Å². The maximum Gasteiger partial charge on any atom is 0.171 e. The molecule has 1 aromatic heterocycles. The maximum atomic E-state index is 10.8. The van der Waals surface area contributed by atoms with Crippen LogP contribution in [0.1, 0.15) is 23.2 Å². The number of carbonyl (C=O) groups is 1. The Kier molecular flexibility index (Phi) is 4.44. The molecule has 3 rings (SSSR count). The van der Waals surface area contributed by atoms with Crippen LogP contribution in [0, 0.1) is 10.8 Å². The molecule has 2 aromatic rings. The molecule has 2 atom stereocenters. The highest BCUT2D eigenvalue weighted by molar-refractivity contribution is 5.77. The standard InChI is InChI=1S/C17H14N2O6/c1-9-13(21)7-14(24-12-4-2-10(18-23)3-5-12)16(17(9)22)15-6-11(8-20)19-25-15/h2-9,17,21-22H,1H3/t9-,17?/m0/s1. The zero-order chi connectivity index (χ0) is 18.0. The third kappa shape index (κ3) is 3.20. The van der Waals surface area contributed by atoms with Gasteiger partial charge in [0.15, 0.2) is 12.0 Å². The molecule has 1 aliphatic carbocycles. The van der Waals surface area contributed by atoms with Crippen LogP contribution < -0.4 is 4.74 Å². The number of benzene rings is 1. The average molecular weight is 342 g/mol. The highest BCUT2D eigenvalue weighted by Crippen LogP contribution is 2.36. The van der Waals surface area contributed by atoms with Crippen LogP contribution in [0.2, 0.25) is 0 Å². The van der Waals surface area contributed by atoms with Crippen LogP contribution in [0.25, 0.3) is 5.57 Å². The molecular weight excluding hydrogens is 328 g/mol. The summed E-state index contributed by atoms with van der Waals surface area (Å²) in [5.41, 5.74) is 0.563. The fraction of sp³-hybridized carbons (Fsp3) is 0.176. The Bertz CT molecular complexity index is 866. The molecule has 0 amide bonds. The summed E-state index contributed by atoms with van der Waals surface area (Å²) >= 11 is 0. The second-order valence-corrected chi connectivity index (χ2v) is 5.50. The van der Waals surface area contributed by atoms with E-state index in [0.717, 1.165) is 0 Å². The molecular formula is C17H14N2O6. The third-order valence-corrected chi connectivity index (χ3v) is 3.86. The first-order valence-electron chi connectivity index (χ1n) is 7.40. The predicted molar refractivity (Wildman–Crippen MR) is 87.2 cm³/mol. The van der Waals surface area contributed by atoms with Crippen molar-refractivity contribution in [2.75, 3.05) is 0 Å². The van der Waals surface area contributed by atoms with Gasteiger partial charge in [-0.15, -0.1) is 4.91 Å². The first kappa shape index (κ1) is 16.6. The lowest BCUT2D eigenvalue weighted by Crippen LogP contribution is -2.26. The number of aldehydes is 1. The molecule has 2 N–H and O–H groups in total. The Morgan fingerprint density at radius 1 is 1.32 bits per heavy atom. The summed E-state index contributed by atoms with van der Waals surface area (Å²) < 4.78 is 10.8. The van der Waals surface area contributed by atoms with Crippen molar-refractivity contribution in [3.8, 4) is 5.75 Å². The van der Waals surface area contributed by atoms with Crippen LogP contribution in [0.15, 0.2) is 57.6 Å². The highest BCUT2D eigenvalue weighted by Gasteiger charge is 2.33. The maximum absolute atomic E-state index is 10.8. The largest absolute Gasteiger partial charge is 0.512 e. The minimum Gasteiger partial charge on any atom is -0.512 e. The van der Waals surface area contributed by atoms with Crippen LogP contribution >= 0.6 is 0 Å². The topological polar surface area (TPSA) is 122 Å². The number of hydrogen-bond donors (Lipinski definition) is 2. The van der Waals surface area contributed by atoms with Gasteiger partial charge in [0, 0.05) is 18.1 Å². The number of nitroso groups, excluding NO2 is 1.